The third-order valence-electron chi connectivity index (χ3n) is 7.27. The number of nitrogens with one attached hydrogen (secondary N) is 3. The van der Waals surface area contributed by atoms with Crippen LogP contribution in [-0.2, 0) is 36.9 Å². The molecule has 248 valence electrons. The number of hydrogen-bond donors (Lipinski definition) is 4. The first-order valence-electron chi connectivity index (χ1n) is 15.5. The Morgan fingerprint density at radius 1 is 0.745 bits per heavy atom. The van der Waals surface area contributed by atoms with Crippen LogP contribution in [0.25, 0.3) is 0 Å². The van der Waals surface area contributed by atoms with Crippen molar-refractivity contribution in [2.75, 3.05) is 13.2 Å². The molecule has 0 saturated carbocycles. The smallest absolute Gasteiger partial charge is 0.408 e. The summed E-state index contributed by atoms with van der Waals surface area (Å²) in [4.78, 5) is 51.9. The Morgan fingerprint density at radius 2 is 1.34 bits per heavy atom. The normalized spacial score (nSPS) is 13.1. The molecule has 0 spiro atoms. The van der Waals surface area contributed by atoms with E-state index in [1.165, 1.54) is 6.08 Å². The molecule has 0 unspecified atom stereocenters. The maximum Gasteiger partial charge on any atom is 0.408 e. The minimum atomic E-state index is -1.06. The van der Waals surface area contributed by atoms with Gasteiger partial charge in [-0.2, -0.15) is 0 Å². The molecule has 0 bridgehead atoms. The van der Waals surface area contributed by atoms with Gasteiger partial charge in [0.2, 0.25) is 11.8 Å². The third-order valence-corrected chi connectivity index (χ3v) is 7.27. The first kappa shape index (κ1) is 36.3. The number of rotatable bonds is 19. The summed E-state index contributed by atoms with van der Waals surface area (Å²) in [5, 5.41) is 18.1. The molecule has 0 fully saturated rings. The van der Waals surface area contributed by atoms with Crippen LogP contribution in [0.5, 0.6) is 0 Å². The number of allylic oxidation sites excluding steroid dienone is 1. The summed E-state index contributed by atoms with van der Waals surface area (Å²) in [6.45, 7) is 6.93. The van der Waals surface area contributed by atoms with Crippen molar-refractivity contribution in [3.8, 4) is 0 Å². The molecule has 4 N–H and O–H groups in total. The summed E-state index contributed by atoms with van der Waals surface area (Å²) < 4.78 is 10.8. The van der Waals surface area contributed by atoms with Gasteiger partial charge < -0.3 is 30.5 Å². The molecule has 0 aliphatic rings. The van der Waals surface area contributed by atoms with Crippen molar-refractivity contribution in [2.45, 2.75) is 50.4 Å². The Kier molecular flexibility index (Phi) is 15.4. The van der Waals surface area contributed by atoms with Gasteiger partial charge in [-0.05, 0) is 36.0 Å². The fourth-order valence-electron chi connectivity index (χ4n) is 4.80. The van der Waals surface area contributed by atoms with Crippen LogP contribution >= 0.6 is 0 Å². The molecule has 4 atom stereocenters. The van der Waals surface area contributed by atoms with Gasteiger partial charge in [0.1, 0.15) is 19.3 Å². The van der Waals surface area contributed by atoms with Crippen molar-refractivity contribution in [1.29, 1.82) is 0 Å². The molecule has 0 aromatic heterocycles. The van der Waals surface area contributed by atoms with Crippen LogP contribution in [0.1, 0.15) is 42.0 Å². The number of carbonyl (C=O) groups is 4. The van der Waals surface area contributed by atoms with Crippen molar-refractivity contribution in [1.82, 2.24) is 16.0 Å². The van der Waals surface area contributed by atoms with E-state index in [1.807, 2.05) is 66.7 Å². The summed E-state index contributed by atoms with van der Waals surface area (Å²) >= 11 is 0. The molecule has 10 nitrogen and oxygen atoms in total. The fraction of sp³-hybridized carbons (Fsp3) is 0.297. The standard InChI is InChI=1S/C37H43N3O7/c1-3-14-30(23-34(42)38-31(24-41)22-27-16-8-5-9-17-27)35(43)39-33(29-20-12-7-13-21-29)26-46-36(44)32(15-4-2)40-37(45)47-25-28-18-10-6-11-19-28/h3-13,16-21,30-33,41H,1-2,14-15,22-26H2,(H,38,42)(H,39,43)(H,40,45)/t30-,31+,32+,33-/m0/s1. The van der Waals surface area contributed by atoms with E-state index in [0.29, 0.717) is 12.0 Å². The second-order valence-electron chi connectivity index (χ2n) is 10.9. The SMILES string of the molecule is C=CC[C@@H](CC(=O)N[C@@H](CO)Cc1ccccc1)C(=O)N[C@@H](COC(=O)[C@@H](CC=C)NC(=O)OCc1ccccc1)c1ccccc1. The number of aliphatic hydroxyl groups excluding tert-OH is 1. The van der Waals surface area contributed by atoms with Crippen LogP contribution in [0.15, 0.2) is 116 Å². The molecule has 0 saturated heterocycles. The van der Waals surface area contributed by atoms with Gasteiger partial charge in [-0.25, -0.2) is 9.59 Å². The number of hydrogen-bond acceptors (Lipinski definition) is 7. The Labute approximate surface area is 275 Å². The van der Waals surface area contributed by atoms with Gasteiger partial charge in [0.15, 0.2) is 0 Å². The van der Waals surface area contributed by atoms with Gasteiger partial charge in [-0.3, -0.25) is 9.59 Å². The minimum Gasteiger partial charge on any atom is -0.462 e. The van der Waals surface area contributed by atoms with Crippen molar-refractivity contribution in [2.24, 2.45) is 5.92 Å². The highest BCUT2D eigenvalue weighted by Gasteiger charge is 2.27. The first-order chi connectivity index (χ1) is 22.8. The maximum atomic E-state index is 13.5. The lowest BCUT2D eigenvalue weighted by molar-refractivity contribution is -0.147. The summed E-state index contributed by atoms with van der Waals surface area (Å²) in [5.74, 6) is -2.31. The van der Waals surface area contributed by atoms with Crippen LogP contribution in [0.4, 0.5) is 4.79 Å². The van der Waals surface area contributed by atoms with Crippen LogP contribution in [0, 0.1) is 5.92 Å². The highest BCUT2D eigenvalue weighted by atomic mass is 16.6. The zero-order valence-corrected chi connectivity index (χ0v) is 26.4. The van der Waals surface area contributed by atoms with Gasteiger partial charge in [0.25, 0.3) is 0 Å². The van der Waals surface area contributed by atoms with Crippen molar-refractivity contribution in [3.63, 3.8) is 0 Å². The highest BCUT2D eigenvalue weighted by molar-refractivity contribution is 5.86. The van der Waals surface area contributed by atoms with Gasteiger partial charge in [0, 0.05) is 6.42 Å². The molecular formula is C37H43N3O7. The van der Waals surface area contributed by atoms with E-state index in [1.54, 1.807) is 30.3 Å². The number of esters is 1. The van der Waals surface area contributed by atoms with E-state index < -0.39 is 42.0 Å². The molecule has 0 aliphatic carbocycles. The quantitative estimate of drug-likeness (QED) is 0.111. The van der Waals surface area contributed by atoms with Crippen LogP contribution in [0.3, 0.4) is 0 Å². The molecule has 0 heterocycles. The topological polar surface area (TPSA) is 143 Å². The van der Waals surface area contributed by atoms with E-state index in [0.717, 1.165) is 11.1 Å². The van der Waals surface area contributed by atoms with E-state index in [-0.39, 0.29) is 45.0 Å². The highest BCUT2D eigenvalue weighted by Crippen LogP contribution is 2.18. The molecule has 47 heavy (non-hydrogen) atoms. The minimum absolute atomic E-state index is 0.0300. The monoisotopic (exact) mass is 641 g/mol. The number of benzene rings is 3. The number of alkyl carbamates (subject to hydrolysis) is 1. The van der Waals surface area contributed by atoms with E-state index in [9.17, 15) is 24.3 Å². The average Bonchev–Trinajstić information content (AvgIpc) is 3.09. The van der Waals surface area contributed by atoms with Crippen molar-refractivity contribution >= 4 is 23.9 Å². The molecule has 3 aromatic carbocycles. The number of ether oxygens (including phenoxy) is 2. The van der Waals surface area contributed by atoms with Gasteiger partial charge >= 0.3 is 12.1 Å². The second-order valence-corrected chi connectivity index (χ2v) is 10.9. The Hall–Kier alpha value is -5.22. The van der Waals surface area contributed by atoms with Crippen LogP contribution < -0.4 is 16.0 Å². The maximum absolute atomic E-state index is 13.5. The number of aliphatic hydroxyl groups is 1. The fourth-order valence-corrected chi connectivity index (χ4v) is 4.80. The van der Waals surface area contributed by atoms with E-state index in [4.69, 9.17) is 9.47 Å². The summed E-state index contributed by atoms with van der Waals surface area (Å²) in [7, 11) is 0. The lowest BCUT2D eigenvalue weighted by atomic mass is 9.97. The van der Waals surface area contributed by atoms with Crippen LogP contribution in [-0.4, -0.2) is 54.3 Å². The molecule has 3 amide bonds. The van der Waals surface area contributed by atoms with Gasteiger partial charge in [-0.15, -0.1) is 13.2 Å². The predicted octanol–water partition coefficient (Wildman–Crippen LogP) is 4.56. The van der Waals surface area contributed by atoms with Crippen LogP contribution in [0.2, 0.25) is 0 Å². The van der Waals surface area contributed by atoms with Gasteiger partial charge in [0.05, 0.1) is 24.6 Å². The van der Waals surface area contributed by atoms with E-state index in [2.05, 4.69) is 29.1 Å². The number of amides is 3. The summed E-state index contributed by atoms with van der Waals surface area (Å²) in [6, 6.07) is 25.2. The van der Waals surface area contributed by atoms with Crippen molar-refractivity contribution < 1.29 is 33.8 Å². The average molecular weight is 642 g/mol. The third kappa shape index (κ3) is 13.0. The number of carbonyl (C=O) groups excluding carboxylic acids is 4. The molecule has 0 aliphatic heterocycles. The summed E-state index contributed by atoms with van der Waals surface area (Å²) in [5.41, 5.74) is 2.43. The van der Waals surface area contributed by atoms with Crippen molar-refractivity contribution in [3.05, 3.63) is 133 Å². The molecule has 3 aromatic rings. The van der Waals surface area contributed by atoms with E-state index >= 15 is 0 Å². The molecule has 0 radical (unpaired) electrons. The first-order valence-corrected chi connectivity index (χ1v) is 15.5. The Balaban J connectivity index is 1.62. The molecule has 10 heteroatoms. The zero-order chi connectivity index (χ0) is 33.9. The summed E-state index contributed by atoms with van der Waals surface area (Å²) in [6.07, 6.45) is 2.87. The Bertz CT molecular complexity index is 1430. The Morgan fingerprint density at radius 3 is 1.94 bits per heavy atom. The largest absolute Gasteiger partial charge is 0.462 e. The molecule has 3 rings (SSSR count). The van der Waals surface area contributed by atoms with Gasteiger partial charge in [-0.1, -0.05) is 103 Å². The molecular weight excluding hydrogens is 598 g/mol. The lowest BCUT2D eigenvalue weighted by Crippen LogP contribution is -2.44. The zero-order valence-electron chi connectivity index (χ0n) is 26.4. The lowest BCUT2D eigenvalue weighted by Gasteiger charge is -2.24. The predicted molar refractivity (Wildman–Crippen MR) is 179 cm³/mol. The second kappa shape index (κ2) is 20.0.